The van der Waals surface area contributed by atoms with E-state index >= 15 is 0 Å². The Bertz CT molecular complexity index is 562. The van der Waals surface area contributed by atoms with Crippen LogP contribution in [0, 0.1) is 6.92 Å². The highest BCUT2D eigenvalue weighted by Gasteiger charge is 2.16. The van der Waals surface area contributed by atoms with E-state index in [2.05, 4.69) is 5.32 Å². The van der Waals surface area contributed by atoms with Crippen LogP contribution in [0.25, 0.3) is 11.0 Å². The van der Waals surface area contributed by atoms with Gasteiger partial charge < -0.3 is 19.6 Å². The lowest BCUT2D eigenvalue weighted by molar-refractivity contribution is 0.0822. The summed E-state index contributed by atoms with van der Waals surface area (Å²) in [5.41, 5.74) is 1.55. The van der Waals surface area contributed by atoms with Crippen LogP contribution in [0.4, 0.5) is 0 Å². The van der Waals surface area contributed by atoms with Crippen LogP contribution in [0.2, 0.25) is 0 Å². The summed E-state index contributed by atoms with van der Waals surface area (Å²) in [5, 5.41) is 12.2. The van der Waals surface area contributed by atoms with Crippen LogP contribution in [-0.4, -0.2) is 37.4 Å². The van der Waals surface area contributed by atoms with Crippen molar-refractivity contribution in [2.75, 3.05) is 26.4 Å². The van der Waals surface area contributed by atoms with Gasteiger partial charge in [0.2, 0.25) is 0 Å². The normalized spacial score (nSPS) is 10.8. The van der Waals surface area contributed by atoms with Gasteiger partial charge in [0.05, 0.1) is 19.8 Å². The number of ether oxygens (including phenoxy) is 1. The molecular formula is C14H17NO4. The molecule has 5 nitrogen and oxygen atoms in total. The Morgan fingerprint density at radius 2 is 2.16 bits per heavy atom. The first-order valence-corrected chi connectivity index (χ1v) is 6.19. The molecule has 0 unspecified atom stereocenters. The average Bonchev–Trinajstić information content (AvgIpc) is 2.76. The van der Waals surface area contributed by atoms with E-state index < -0.39 is 0 Å². The van der Waals surface area contributed by atoms with Crippen LogP contribution in [0.5, 0.6) is 0 Å². The largest absolute Gasteiger partial charge is 0.451 e. The summed E-state index contributed by atoms with van der Waals surface area (Å²) >= 11 is 0. The molecule has 0 fully saturated rings. The number of rotatable bonds is 6. The van der Waals surface area contributed by atoms with Gasteiger partial charge in [0.1, 0.15) is 5.58 Å². The van der Waals surface area contributed by atoms with Crippen LogP contribution in [0.1, 0.15) is 16.1 Å². The summed E-state index contributed by atoms with van der Waals surface area (Å²) in [6.45, 7) is 2.88. The van der Waals surface area contributed by atoms with Gasteiger partial charge >= 0.3 is 0 Å². The van der Waals surface area contributed by atoms with Gasteiger partial charge in [-0.1, -0.05) is 18.2 Å². The molecule has 1 aromatic carbocycles. The van der Waals surface area contributed by atoms with E-state index in [0.717, 1.165) is 10.9 Å². The predicted molar refractivity (Wildman–Crippen MR) is 71.2 cm³/mol. The maximum atomic E-state index is 12.0. The fourth-order valence-corrected chi connectivity index (χ4v) is 1.87. The molecular weight excluding hydrogens is 246 g/mol. The third kappa shape index (κ3) is 3.13. The Hall–Kier alpha value is -1.85. The van der Waals surface area contributed by atoms with E-state index in [4.69, 9.17) is 14.3 Å². The van der Waals surface area contributed by atoms with Gasteiger partial charge in [-0.05, 0) is 13.0 Å². The summed E-state index contributed by atoms with van der Waals surface area (Å²) in [7, 11) is 0. The third-order valence-corrected chi connectivity index (χ3v) is 2.82. The molecule has 5 heteroatoms. The van der Waals surface area contributed by atoms with E-state index in [-0.39, 0.29) is 19.1 Å². The van der Waals surface area contributed by atoms with E-state index in [9.17, 15) is 4.79 Å². The molecule has 19 heavy (non-hydrogen) atoms. The maximum Gasteiger partial charge on any atom is 0.287 e. The molecule has 2 N–H and O–H groups in total. The number of carbonyl (C=O) groups excluding carboxylic acids is 1. The molecule has 0 saturated heterocycles. The van der Waals surface area contributed by atoms with Crippen LogP contribution in [0.15, 0.2) is 28.7 Å². The number of benzene rings is 1. The molecule has 0 spiro atoms. The van der Waals surface area contributed by atoms with Gasteiger partial charge in [-0.25, -0.2) is 0 Å². The lowest BCUT2D eigenvalue weighted by Gasteiger charge is -2.04. The van der Waals surface area contributed by atoms with E-state index in [1.54, 1.807) is 0 Å². The Morgan fingerprint density at radius 3 is 2.89 bits per heavy atom. The zero-order valence-electron chi connectivity index (χ0n) is 10.8. The number of fused-ring (bicyclic) bond motifs is 1. The van der Waals surface area contributed by atoms with E-state index in [0.29, 0.717) is 24.5 Å². The molecule has 102 valence electrons. The first kappa shape index (κ1) is 13.6. The smallest absolute Gasteiger partial charge is 0.287 e. The second kappa shape index (κ2) is 6.36. The van der Waals surface area contributed by atoms with Crippen molar-refractivity contribution < 1.29 is 19.1 Å². The summed E-state index contributed by atoms with van der Waals surface area (Å²) < 4.78 is 10.6. The van der Waals surface area contributed by atoms with Crippen molar-refractivity contribution in [3.05, 3.63) is 35.6 Å². The molecule has 0 saturated carbocycles. The highest BCUT2D eigenvalue weighted by molar-refractivity contribution is 5.98. The molecule has 2 rings (SSSR count). The molecule has 1 heterocycles. The Labute approximate surface area is 111 Å². The van der Waals surface area contributed by atoms with Crippen molar-refractivity contribution in [3.63, 3.8) is 0 Å². The number of furan rings is 1. The molecule has 0 radical (unpaired) electrons. The van der Waals surface area contributed by atoms with Crippen molar-refractivity contribution in [2.24, 2.45) is 0 Å². The number of hydrogen-bond acceptors (Lipinski definition) is 4. The van der Waals surface area contributed by atoms with Crippen LogP contribution >= 0.6 is 0 Å². The lowest BCUT2D eigenvalue weighted by Crippen LogP contribution is -2.27. The second-order valence-corrected chi connectivity index (χ2v) is 4.14. The fourth-order valence-electron chi connectivity index (χ4n) is 1.87. The van der Waals surface area contributed by atoms with Crippen LogP contribution in [-0.2, 0) is 4.74 Å². The van der Waals surface area contributed by atoms with Crippen molar-refractivity contribution >= 4 is 16.9 Å². The Kier molecular flexibility index (Phi) is 4.54. The number of amides is 1. The first-order chi connectivity index (χ1) is 9.24. The van der Waals surface area contributed by atoms with Gasteiger partial charge in [-0.3, -0.25) is 4.79 Å². The summed E-state index contributed by atoms with van der Waals surface area (Å²) in [6.07, 6.45) is 0. The standard InChI is InChI=1S/C14H17NO4/c1-10-11-4-2-3-5-12(11)19-13(10)14(17)15-6-8-18-9-7-16/h2-5,16H,6-9H2,1H3,(H,15,17). The zero-order chi connectivity index (χ0) is 13.7. The lowest BCUT2D eigenvalue weighted by atomic mass is 10.1. The van der Waals surface area contributed by atoms with Crippen LogP contribution < -0.4 is 5.32 Å². The predicted octanol–water partition coefficient (Wildman–Crippen LogP) is 1.48. The summed E-state index contributed by atoms with van der Waals surface area (Å²) in [5.74, 6) is 0.0876. The Morgan fingerprint density at radius 1 is 1.37 bits per heavy atom. The monoisotopic (exact) mass is 263 g/mol. The number of aryl methyl sites for hydroxylation is 1. The molecule has 0 atom stereocenters. The highest BCUT2D eigenvalue weighted by Crippen LogP contribution is 2.24. The first-order valence-electron chi connectivity index (χ1n) is 6.19. The van der Waals surface area contributed by atoms with Crippen LogP contribution in [0.3, 0.4) is 0 Å². The molecule has 2 aromatic rings. The number of aliphatic hydroxyl groups is 1. The van der Waals surface area contributed by atoms with Gasteiger partial charge in [-0.2, -0.15) is 0 Å². The van der Waals surface area contributed by atoms with Crippen molar-refractivity contribution in [1.29, 1.82) is 0 Å². The molecule has 0 bridgehead atoms. The van der Waals surface area contributed by atoms with Crippen molar-refractivity contribution in [1.82, 2.24) is 5.32 Å². The number of para-hydroxylation sites is 1. The third-order valence-electron chi connectivity index (χ3n) is 2.82. The molecule has 0 aliphatic carbocycles. The minimum Gasteiger partial charge on any atom is -0.451 e. The minimum atomic E-state index is -0.249. The Balaban J connectivity index is 1.99. The van der Waals surface area contributed by atoms with Gasteiger partial charge in [-0.15, -0.1) is 0 Å². The average molecular weight is 263 g/mol. The maximum absolute atomic E-state index is 12.0. The van der Waals surface area contributed by atoms with Crippen molar-refractivity contribution in [2.45, 2.75) is 6.92 Å². The van der Waals surface area contributed by atoms with Gasteiger partial charge in [0.15, 0.2) is 5.76 Å². The quantitative estimate of drug-likeness (QED) is 0.774. The SMILES string of the molecule is Cc1c(C(=O)NCCOCCO)oc2ccccc12. The molecule has 0 aliphatic heterocycles. The fraction of sp³-hybridized carbons (Fsp3) is 0.357. The minimum absolute atomic E-state index is 0.0172. The zero-order valence-corrected chi connectivity index (χ0v) is 10.8. The highest BCUT2D eigenvalue weighted by atomic mass is 16.5. The van der Waals surface area contributed by atoms with E-state index in [1.165, 1.54) is 0 Å². The topological polar surface area (TPSA) is 71.7 Å². The summed E-state index contributed by atoms with van der Waals surface area (Å²) in [6, 6.07) is 7.55. The second-order valence-electron chi connectivity index (χ2n) is 4.14. The number of carbonyl (C=O) groups is 1. The molecule has 1 aromatic heterocycles. The number of nitrogens with one attached hydrogen (secondary N) is 1. The van der Waals surface area contributed by atoms with Gasteiger partial charge in [0.25, 0.3) is 5.91 Å². The van der Waals surface area contributed by atoms with Crippen molar-refractivity contribution in [3.8, 4) is 0 Å². The van der Waals surface area contributed by atoms with E-state index in [1.807, 2.05) is 31.2 Å². The van der Waals surface area contributed by atoms with Gasteiger partial charge in [0, 0.05) is 17.5 Å². The number of aliphatic hydroxyl groups excluding tert-OH is 1. The summed E-state index contributed by atoms with van der Waals surface area (Å²) in [4.78, 5) is 12.0. The molecule has 0 aliphatic rings. The number of hydrogen-bond donors (Lipinski definition) is 2. The molecule has 1 amide bonds.